The first-order valence-corrected chi connectivity index (χ1v) is 8.32. The third kappa shape index (κ3) is 2.82. The van der Waals surface area contributed by atoms with E-state index < -0.39 is 11.8 Å². The van der Waals surface area contributed by atoms with E-state index in [2.05, 4.69) is 0 Å². The fourth-order valence-corrected chi connectivity index (χ4v) is 3.33. The van der Waals surface area contributed by atoms with Gasteiger partial charge in [0.05, 0.1) is 16.3 Å². The first-order chi connectivity index (χ1) is 11.3. The number of amides is 2. The second kappa shape index (κ2) is 6.41. The number of aryl methyl sites for hydroxylation is 1. The van der Waals surface area contributed by atoms with E-state index in [1.54, 1.807) is 30.3 Å². The molecule has 1 aliphatic rings. The zero-order valence-corrected chi connectivity index (χ0v) is 15.3. The van der Waals surface area contributed by atoms with Crippen LogP contribution in [0.4, 0.5) is 5.69 Å². The van der Waals surface area contributed by atoms with Gasteiger partial charge in [-0.05, 0) is 36.8 Å². The van der Waals surface area contributed by atoms with Crippen LogP contribution >= 0.6 is 46.4 Å². The number of imide groups is 1. The predicted molar refractivity (Wildman–Crippen MR) is 97.9 cm³/mol. The monoisotopic (exact) mass is 399 g/mol. The van der Waals surface area contributed by atoms with Crippen LogP contribution in [0.1, 0.15) is 11.1 Å². The highest BCUT2D eigenvalue weighted by molar-refractivity contribution is 6.61. The van der Waals surface area contributed by atoms with Crippen LogP contribution in [-0.4, -0.2) is 11.8 Å². The highest BCUT2D eigenvalue weighted by Gasteiger charge is 2.40. The molecular formula is C17H9Cl4NO2. The van der Waals surface area contributed by atoms with Crippen molar-refractivity contribution in [3.05, 3.63) is 67.6 Å². The van der Waals surface area contributed by atoms with E-state index in [1.807, 2.05) is 6.92 Å². The van der Waals surface area contributed by atoms with Crippen molar-refractivity contribution in [2.24, 2.45) is 0 Å². The number of carbonyl (C=O) groups is 2. The molecule has 2 aromatic rings. The van der Waals surface area contributed by atoms with E-state index in [0.717, 1.165) is 10.5 Å². The van der Waals surface area contributed by atoms with Crippen LogP contribution < -0.4 is 4.90 Å². The van der Waals surface area contributed by atoms with Crippen LogP contribution in [0, 0.1) is 6.92 Å². The first-order valence-electron chi connectivity index (χ1n) is 6.81. The third-order valence-electron chi connectivity index (χ3n) is 3.64. The molecule has 0 spiro atoms. The molecule has 0 radical (unpaired) electrons. The van der Waals surface area contributed by atoms with Gasteiger partial charge >= 0.3 is 0 Å². The zero-order valence-electron chi connectivity index (χ0n) is 12.2. The van der Waals surface area contributed by atoms with E-state index in [4.69, 9.17) is 46.4 Å². The molecule has 0 atom stereocenters. The van der Waals surface area contributed by atoms with E-state index in [1.165, 1.54) is 6.07 Å². The minimum atomic E-state index is -0.623. The van der Waals surface area contributed by atoms with Crippen molar-refractivity contribution in [1.29, 1.82) is 0 Å². The van der Waals surface area contributed by atoms with Crippen molar-refractivity contribution < 1.29 is 9.59 Å². The molecule has 0 aliphatic carbocycles. The number of hydrogen-bond acceptors (Lipinski definition) is 2. The van der Waals surface area contributed by atoms with Gasteiger partial charge in [-0.1, -0.05) is 58.5 Å². The molecule has 0 saturated heterocycles. The Labute approximate surface area is 158 Å². The summed E-state index contributed by atoms with van der Waals surface area (Å²) in [6.45, 7) is 1.82. The minimum Gasteiger partial charge on any atom is -0.268 e. The Balaban J connectivity index is 2.09. The van der Waals surface area contributed by atoms with E-state index >= 15 is 0 Å². The summed E-state index contributed by atoms with van der Waals surface area (Å²) in [4.78, 5) is 26.2. The van der Waals surface area contributed by atoms with E-state index in [0.29, 0.717) is 21.3 Å². The average Bonchev–Trinajstić information content (AvgIpc) is 2.73. The summed E-state index contributed by atoms with van der Waals surface area (Å²) in [5, 5.41) is 0.906. The van der Waals surface area contributed by atoms with Crippen LogP contribution in [-0.2, 0) is 9.59 Å². The predicted octanol–water partition coefficient (Wildman–Crippen LogP) is 5.48. The van der Waals surface area contributed by atoms with Crippen molar-refractivity contribution in [2.45, 2.75) is 6.92 Å². The Morgan fingerprint density at radius 1 is 0.833 bits per heavy atom. The summed E-state index contributed by atoms with van der Waals surface area (Å²) in [6, 6.07) is 9.51. The molecule has 0 N–H and O–H groups in total. The molecule has 0 bridgehead atoms. The molecule has 0 unspecified atom stereocenters. The number of halogens is 4. The molecule has 2 amide bonds. The quantitative estimate of drug-likeness (QED) is 0.626. The number of benzene rings is 2. The summed E-state index contributed by atoms with van der Waals surface area (Å²) in [5.41, 5.74) is 1.57. The maximum absolute atomic E-state index is 12.8. The second-order valence-corrected chi connectivity index (χ2v) is 6.82. The Kier molecular flexibility index (Phi) is 4.63. The molecule has 3 rings (SSSR count). The molecule has 0 aromatic heterocycles. The summed E-state index contributed by atoms with van der Waals surface area (Å²) in [5.74, 6) is -1.18. The lowest BCUT2D eigenvalue weighted by molar-refractivity contribution is -0.119. The van der Waals surface area contributed by atoms with Crippen molar-refractivity contribution in [3.63, 3.8) is 0 Å². The number of nitrogens with zero attached hydrogens (tertiary/aromatic N) is 1. The van der Waals surface area contributed by atoms with Gasteiger partial charge in [0.2, 0.25) is 0 Å². The Morgan fingerprint density at radius 2 is 1.54 bits per heavy atom. The molecule has 7 heteroatoms. The van der Waals surface area contributed by atoms with E-state index in [9.17, 15) is 9.59 Å². The lowest BCUT2D eigenvalue weighted by atomic mass is 10.1. The van der Waals surface area contributed by atoms with Gasteiger partial charge in [-0.3, -0.25) is 9.59 Å². The van der Waals surface area contributed by atoms with Crippen LogP contribution in [0.15, 0.2) is 41.4 Å². The zero-order chi connectivity index (χ0) is 17.6. The lowest BCUT2D eigenvalue weighted by Gasteiger charge is -2.16. The maximum Gasteiger partial charge on any atom is 0.277 e. The molecule has 24 heavy (non-hydrogen) atoms. The third-order valence-corrected chi connectivity index (χ3v) is 4.95. The highest BCUT2D eigenvalue weighted by atomic mass is 35.5. The summed E-state index contributed by atoms with van der Waals surface area (Å²) < 4.78 is 0. The molecule has 2 aromatic carbocycles. The van der Waals surface area contributed by atoms with Crippen LogP contribution in [0.3, 0.4) is 0 Å². The van der Waals surface area contributed by atoms with E-state index in [-0.39, 0.29) is 15.6 Å². The maximum atomic E-state index is 12.8. The van der Waals surface area contributed by atoms with Crippen molar-refractivity contribution in [2.75, 3.05) is 4.90 Å². The average molecular weight is 401 g/mol. The number of hydrogen-bond donors (Lipinski definition) is 0. The fourth-order valence-electron chi connectivity index (χ4n) is 2.38. The summed E-state index contributed by atoms with van der Waals surface area (Å²) >= 11 is 24.2. The van der Waals surface area contributed by atoms with Crippen LogP contribution in [0.5, 0.6) is 0 Å². The number of rotatable bonds is 2. The van der Waals surface area contributed by atoms with Crippen molar-refractivity contribution in [3.8, 4) is 0 Å². The normalized spacial score (nSPS) is 14.8. The van der Waals surface area contributed by atoms with Gasteiger partial charge < -0.3 is 0 Å². The molecule has 0 saturated carbocycles. The molecular weight excluding hydrogens is 392 g/mol. The standard InChI is InChI=1S/C17H9Cl4NO2/c1-8-2-4-10(7-12(8)19)22-16(23)14(15(21)17(22)24)11-5-3-9(18)6-13(11)20/h2-7H,1H3. The van der Waals surface area contributed by atoms with Crippen LogP contribution in [0.2, 0.25) is 15.1 Å². The fraction of sp³-hybridized carbons (Fsp3) is 0.0588. The smallest absolute Gasteiger partial charge is 0.268 e. The van der Waals surface area contributed by atoms with Gasteiger partial charge in [-0.2, -0.15) is 0 Å². The number of carbonyl (C=O) groups excluding carboxylic acids is 2. The summed E-state index contributed by atoms with van der Waals surface area (Å²) in [7, 11) is 0. The van der Waals surface area contributed by atoms with Gasteiger partial charge in [-0.15, -0.1) is 0 Å². The van der Waals surface area contributed by atoms with Gasteiger partial charge in [0.25, 0.3) is 11.8 Å². The topological polar surface area (TPSA) is 37.4 Å². The van der Waals surface area contributed by atoms with Crippen molar-refractivity contribution in [1.82, 2.24) is 0 Å². The lowest BCUT2D eigenvalue weighted by Crippen LogP contribution is -2.31. The van der Waals surface area contributed by atoms with Crippen LogP contribution in [0.25, 0.3) is 5.57 Å². The van der Waals surface area contributed by atoms with Gasteiger partial charge in [0.1, 0.15) is 5.03 Å². The number of anilines is 1. The molecule has 1 heterocycles. The largest absolute Gasteiger partial charge is 0.277 e. The summed E-state index contributed by atoms with van der Waals surface area (Å²) in [6.07, 6.45) is 0. The second-order valence-electron chi connectivity index (χ2n) is 5.19. The molecule has 3 nitrogen and oxygen atoms in total. The Hall–Kier alpha value is -1.52. The highest BCUT2D eigenvalue weighted by Crippen LogP contribution is 2.38. The van der Waals surface area contributed by atoms with Gasteiger partial charge in [0, 0.05) is 15.6 Å². The van der Waals surface area contributed by atoms with Gasteiger partial charge in [0.15, 0.2) is 0 Å². The Bertz CT molecular complexity index is 921. The van der Waals surface area contributed by atoms with Gasteiger partial charge in [-0.25, -0.2) is 4.90 Å². The minimum absolute atomic E-state index is 0.0417. The molecule has 1 aliphatic heterocycles. The Morgan fingerprint density at radius 3 is 2.17 bits per heavy atom. The SMILES string of the molecule is Cc1ccc(N2C(=O)C(Cl)=C(c3ccc(Cl)cc3Cl)C2=O)cc1Cl. The first kappa shape index (κ1) is 17.3. The molecule has 122 valence electrons. The molecule has 0 fully saturated rings. The van der Waals surface area contributed by atoms with Crippen molar-refractivity contribution >= 4 is 69.5 Å².